The molecule has 1 amide bonds. The number of ether oxygens (including phenoxy) is 1. The molecular formula is C17H21N5O5. The van der Waals surface area contributed by atoms with Gasteiger partial charge in [-0.3, -0.25) is 19.7 Å². The van der Waals surface area contributed by atoms with Crippen LogP contribution in [0.15, 0.2) is 30.9 Å². The quantitative estimate of drug-likeness (QED) is 0.392. The van der Waals surface area contributed by atoms with Gasteiger partial charge in [-0.05, 0) is 18.1 Å². The molecule has 0 aliphatic rings. The largest absolute Gasteiger partial charge is 0.469 e. The number of carbonyl (C=O) groups is 2. The fourth-order valence-corrected chi connectivity index (χ4v) is 2.56. The summed E-state index contributed by atoms with van der Waals surface area (Å²) in [7, 11) is 1.28. The maximum Gasteiger partial charge on any atom is 0.307 e. The molecule has 0 radical (unpaired) electrons. The van der Waals surface area contributed by atoms with Crippen LogP contribution in [-0.4, -0.2) is 56.7 Å². The zero-order chi connectivity index (χ0) is 20.0. The number of nitro benzene ring substituents is 1. The Morgan fingerprint density at radius 1 is 1.37 bits per heavy atom. The summed E-state index contributed by atoms with van der Waals surface area (Å²) in [6.45, 7) is 4.46. The lowest BCUT2D eigenvalue weighted by atomic mass is 10.1. The Hall–Kier alpha value is -3.30. The molecule has 1 aromatic carbocycles. The van der Waals surface area contributed by atoms with Gasteiger partial charge < -0.3 is 9.64 Å². The molecule has 0 saturated heterocycles. The molecule has 0 aliphatic heterocycles. The van der Waals surface area contributed by atoms with Crippen molar-refractivity contribution in [2.45, 2.75) is 20.3 Å². The van der Waals surface area contributed by atoms with Gasteiger partial charge in [0.05, 0.1) is 18.5 Å². The summed E-state index contributed by atoms with van der Waals surface area (Å²) in [5, 5.41) is 15.3. The number of hydrogen-bond donors (Lipinski definition) is 0. The maximum absolute atomic E-state index is 12.9. The van der Waals surface area contributed by atoms with Gasteiger partial charge in [0.2, 0.25) is 0 Å². The van der Waals surface area contributed by atoms with Gasteiger partial charge in [0.25, 0.3) is 11.6 Å². The van der Waals surface area contributed by atoms with Gasteiger partial charge in [-0.1, -0.05) is 13.8 Å². The molecule has 27 heavy (non-hydrogen) atoms. The van der Waals surface area contributed by atoms with Crippen molar-refractivity contribution in [3.63, 3.8) is 0 Å². The molecule has 0 bridgehead atoms. The first-order chi connectivity index (χ1) is 12.8. The van der Waals surface area contributed by atoms with Gasteiger partial charge >= 0.3 is 5.97 Å². The molecule has 0 unspecified atom stereocenters. The van der Waals surface area contributed by atoms with Crippen molar-refractivity contribution in [2.75, 3.05) is 20.2 Å². The van der Waals surface area contributed by atoms with Gasteiger partial charge in [0.15, 0.2) is 0 Å². The van der Waals surface area contributed by atoms with E-state index < -0.39 is 10.9 Å². The topological polar surface area (TPSA) is 120 Å². The van der Waals surface area contributed by atoms with E-state index in [1.54, 1.807) is 0 Å². The summed E-state index contributed by atoms with van der Waals surface area (Å²) < 4.78 is 5.88. The summed E-state index contributed by atoms with van der Waals surface area (Å²) >= 11 is 0. The van der Waals surface area contributed by atoms with Crippen LogP contribution in [0.1, 0.15) is 30.6 Å². The number of methoxy groups -OCH3 is 1. The van der Waals surface area contributed by atoms with Gasteiger partial charge in [-0.15, -0.1) is 0 Å². The fourth-order valence-electron chi connectivity index (χ4n) is 2.56. The van der Waals surface area contributed by atoms with E-state index in [1.807, 2.05) is 13.8 Å². The van der Waals surface area contributed by atoms with Crippen LogP contribution in [0.25, 0.3) is 5.69 Å². The van der Waals surface area contributed by atoms with Crippen molar-refractivity contribution in [3.8, 4) is 5.69 Å². The number of carbonyl (C=O) groups excluding carboxylic acids is 2. The zero-order valence-electron chi connectivity index (χ0n) is 15.4. The monoisotopic (exact) mass is 375 g/mol. The standard InChI is InChI=1S/C17H21N5O5/c1-12(2)9-20(7-6-16(23)27-3)17(24)13-4-5-14(15(8-13)22(25)26)21-11-18-10-19-21/h4-5,8,10-12H,6-7,9H2,1-3H3. The Bertz CT molecular complexity index is 819. The summed E-state index contributed by atoms with van der Waals surface area (Å²) in [6.07, 6.45) is 2.65. The molecule has 0 fully saturated rings. The lowest BCUT2D eigenvalue weighted by Crippen LogP contribution is -2.36. The van der Waals surface area contributed by atoms with Crippen LogP contribution >= 0.6 is 0 Å². The molecule has 2 aromatic rings. The summed E-state index contributed by atoms with van der Waals surface area (Å²) in [5.74, 6) is -0.652. The minimum Gasteiger partial charge on any atom is -0.469 e. The van der Waals surface area contributed by atoms with Gasteiger partial charge in [0.1, 0.15) is 18.3 Å². The first-order valence-corrected chi connectivity index (χ1v) is 8.33. The van der Waals surface area contributed by atoms with Crippen molar-refractivity contribution in [2.24, 2.45) is 5.92 Å². The van der Waals surface area contributed by atoms with Crippen molar-refractivity contribution in [1.29, 1.82) is 0 Å². The highest BCUT2D eigenvalue weighted by atomic mass is 16.6. The van der Waals surface area contributed by atoms with Crippen LogP contribution in [0.4, 0.5) is 5.69 Å². The molecule has 144 valence electrons. The Morgan fingerprint density at radius 2 is 2.11 bits per heavy atom. The van der Waals surface area contributed by atoms with E-state index in [1.165, 1.54) is 47.5 Å². The minimum absolute atomic E-state index is 0.0497. The number of esters is 1. The SMILES string of the molecule is COC(=O)CCN(CC(C)C)C(=O)c1ccc(-n2cncn2)c([N+](=O)[O-])c1. The van der Waals surface area contributed by atoms with Crippen LogP contribution < -0.4 is 0 Å². The number of amides is 1. The minimum atomic E-state index is -0.574. The zero-order valence-corrected chi connectivity index (χ0v) is 15.4. The molecule has 1 heterocycles. The Labute approximate surface area is 155 Å². The van der Waals surface area contributed by atoms with Crippen LogP contribution in [0.5, 0.6) is 0 Å². The predicted octanol–water partition coefficient (Wildman–Crippen LogP) is 1.84. The smallest absolute Gasteiger partial charge is 0.307 e. The van der Waals surface area contributed by atoms with Crippen LogP contribution in [0, 0.1) is 16.0 Å². The Kier molecular flexibility index (Phi) is 6.58. The van der Waals surface area contributed by atoms with Crippen LogP contribution in [0.2, 0.25) is 0 Å². The van der Waals surface area contributed by atoms with Crippen LogP contribution in [-0.2, 0) is 9.53 Å². The highest BCUT2D eigenvalue weighted by molar-refractivity contribution is 5.95. The summed E-state index contributed by atoms with van der Waals surface area (Å²) in [4.78, 5) is 40.4. The first-order valence-electron chi connectivity index (χ1n) is 8.33. The van der Waals surface area contributed by atoms with E-state index in [2.05, 4.69) is 14.8 Å². The number of aromatic nitrogens is 3. The lowest BCUT2D eigenvalue weighted by molar-refractivity contribution is -0.384. The molecule has 0 N–H and O–H groups in total. The second-order valence-corrected chi connectivity index (χ2v) is 6.27. The van der Waals surface area contributed by atoms with E-state index in [0.29, 0.717) is 6.54 Å². The van der Waals surface area contributed by atoms with Crippen molar-refractivity contribution >= 4 is 17.6 Å². The second kappa shape index (κ2) is 8.88. The Morgan fingerprint density at radius 3 is 2.67 bits per heavy atom. The van der Waals surface area contributed by atoms with Crippen molar-refractivity contribution in [3.05, 3.63) is 46.5 Å². The number of nitrogens with zero attached hydrogens (tertiary/aromatic N) is 5. The molecule has 10 nitrogen and oxygen atoms in total. The third kappa shape index (κ3) is 5.09. The average molecular weight is 375 g/mol. The average Bonchev–Trinajstić information content (AvgIpc) is 3.17. The number of nitro groups is 1. The first kappa shape index (κ1) is 20.0. The highest BCUT2D eigenvalue weighted by Gasteiger charge is 2.23. The summed E-state index contributed by atoms with van der Waals surface area (Å²) in [5.41, 5.74) is 0.110. The van der Waals surface area contributed by atoms with E-state index in [4.69, 9.17) is 0 Å². The van der Waals surface area contributed by atoms with E-state index in [9.17, 15) is 19.7 Å². The molecule has 0 atom stereocenters. The molecule has 10 heteroatoms. The normalized spacial score (nSPS) is 10.7. The third-order valence-corrected chi connectivity index (χ3v) is 3.77. The maximum atomic E-state index is 12.9. The van der Waals surface area contributed by atoms with Gasteiger partial charge in [0, 0.05) is 24.7 Å². The Balaban J connectivity index is 2.32. The van der Waals surface area contributed by atoms with Crippen molar-refractivity contribution in [1.82, 2.24) is 19.7 Å². The molecular weight excluding hydrogens is 354 g/mol. The fraction of sp³-hybridized carbons (Fsp3) is 0.412. The number of hydrogen-bond acceptors (Lipinski definition) is 7. The number of rotatable bonds is 8. The molecule has 0 saturated carbocycles. The second-order valence-electron chi connectivity index (χ2n) is 6.27. The van der Waals surface area contributed by atoms with E-state index in [0.717, 1.165) is 0 Å². The summed E-state index contributed by atoms with van der Waals surface area (Å²) in [6, 6.07) is 4.16. The highest BCUT2D eigenvalue weighted by Crippen LogP contribution is 2.24. The molecule has 0 spiro atoms. The molecule has 0 aliphatic carbocycles. The van der Waals surface area contributed by atoms with Gasteiger partial charge in [-0.2, -0.15) is 5.10 Å². The van der Waals surface area contributed by atoms with E-state index >= 15 is 0 Å². The van der Waals surface area contributed by atoms with E-state index in [-0.39, 0.29) is 41.7 Å². The third-order valence-electron chi connectivity index (χ3n) is 3.77. The number of benzene rings is 1. The van der Waals surface area contributed by atoms with Crippen molar-refractivity contribution < 1.29 is 19.2 Å². The van der Waals surface area contributed by atoms with Gasteiger partial charge in [-0.25, -0.2) is 9.67 Å². The van der Waals surface area contributed by atoms with Crippen LogP contribution in [0.3, 0.4) is 0 Å². The lowest BCUT2D eigenvalue weighted by Gasteiger charge is -2.24. The molecule has 2 rings (SSSR count). The predicted molar refractivity (Wildman–Crippen MR) is 95.4 cm³/mol. The molecule has 1 aromatic heterocycles.